The predicted molar refractivity (Wildman–Crippen MR) is 114 cm³/mol. The van der Waals surface area contributed by atoms with Gasteiger partial charge in [0.25, 0.3) is 0 Å². The first-order valence-corrected chi connectivity index (χ1v) is 11.7. The van der Waals surface area contributed by atoms with Gasteiger partial charge in [-0.25, -0.2) is 12.8 Å². The molecule has 0 aliphatic carbocycles. The minimum Gasteiger partial charge on any atom is -0.337 e. The molecule has 4 rings (SSSR count). The van der Waals surface area contributed by atoms with Crippen LogP contribution < -0.4 is 0 Å². The topological polar surface area (TPSA) is 96.6 Å². The average Bonchev–Trinajstić information content (AvgIpc) is 3.28. The lowest BCUT2D eigenvalue weighted by atomic mass is 9.98. The number of hydrogen-bond donors (Lipinski definition) is 0. The van der Waals surface area contributed by atoms with Gasteiger partial charge in [-0.15, -0.1) is 0 Å². The van der Waals surface area contributed by atoms with Crippen LogP contribution in [0.25, 0.3) is 11.4 Å². The van der Waals surface area contributed by atoms with Crippen molar-refractivity contribution in [2.45, 2.75) is 24.3 Å². The zero-order valence-corrected chi connectivity index (χ0v) is 18.3. The van der Waals surface area contributed by atoms with Crippen LogP contribution in [-0.2, 0) is 21.4 Å². The second-order valence-electron chi connectivity index (χ2n) is 7.73. The second-order valence-corrected chi connectivity index (χ2v) is 9.67. The van der Waals surface area contributed by atoms with E-state index < -0.39 is 21.8 Å². The quantitative estimate of drug-likeness (QED) is 0.564. The second kappa shape index (κ2) is 9.17. The number of nitrogens with zero attached hydrogens (tertiary/aromatic N) is 4. The summed E-state index contributed by atoms with van der Waals surface area (Å²) >= 11 is 0. The SMILES string of the molecule is CN(Cc1nc(-c2ccccc2)no1)C(=O)[C@@H]1CCCN(S(=O)(=O)c2ccc(F)cc2)C1. The lowest BCUT2D eigenvalue weighted by Gasteiger charge is -2.33. The first-order chi connectivity index (χ1) is 15.3. The maximum Gasteiger partial charge on any atom is 0.246 e. The van der Waals surface area contributed by atoms with E-state index in [9.17, 15) is 17.6 Å². The fourth-order valence-electron chi connectivity index (χ4n) is 3.73. The van der Waals surface area contributed by atoms with Crippen molar-refractivity contribution in [3.05, 3.63) is 66.3 Å². The van der Waals surface area contributed by atoms with Gasteiger partial charge in [0.2, 0.25) is 27.6 Å². The zero-order valence-electron chi connectivity index (χ0n) is 17.5. The lowest BCUT2D eigenvalue weighted by Crippen LogP contribution is -2.45. The molecule has 168 valence electrons. The summed E-state index contributed by atoms with van der Waals surface area (Å²) in [5.74, 6) is -0.445. The van der Waals surface area contributed by atoms with E-state index in [1.54, 1.807) is 7.05 Å². The largest absolute Gasteiger partial charge is 0.337 e. The Morgan fingerprint density at radius 2 is 1.91 bits per heavy atom. The summed E-state index contributed by atoms with van der Waals surface area (Å²) < 4.78 is 45.6. The number of hydrogen-bond acceptors (Lipinski definition) is 6. The number of rotatable bonds is 6. The van der Waals surface area contributed by atoms with Gasteiger partial charge in [-0.3, -0.25) is 4.79 Å². The molecule has 2 aromatic carbocycles. The standard InChI is InChI=1S/C22H23FN4O4S/c1-26(15-20-24-21(25-31-20)16-6-3-2-4-7-16)22(28)17-8-5-13-27(14-17)32(29,30)19-11-9-18(23)10-12-19/h2-4,6-7,9-12,17H,5,8,13-15H2,1H3/t17-/m1/s1. The summed E-state index contributed by atoms with van der Waals surface area (Å²) in [4.78, 5) is 18.8. The van der Waals surface area contributed by atoms with E-state index in [0.717, 1.165) is 17.7 Å². The van der Waals surface area contributed by atoms with Crippen LogP contribution in [0.15, 0.2) is 64.0 Å². The van der Waals surface area contributed by atoms with E-state index in [-0.39, 0.29) is 23.9 Å². The van der Waals surface area contributed by atoms with Crippen molar-refractivity contribution in [2.24, 2.45) is 5.92 Å². The van der Waals surface area contributed by atoms with E-state index in [0.29, 0.717) is 31.1 Å². The van der Waals surface area contributed by atoms with E-state index >= 15 is 0 Å². The van der Waals surface area contributed by atoms with Gasteiger partial charge in [-0.1, -0.05) is 35.5 Å². The van der Waals surface area contributed by atoms with Gasteiger partial charge in [0.1, 0.15) is 5.82 Å². The number of carbonyl (C=O) groups is 1. The Morgan fingerprint density at radius 3 is 2.62 bits per heavy atom. The maximum atomic E-state index is 13.2. The third-order valence-electron chi connectivity index (χ3n) is 5.43. The molecule has 10 heteroatoms. The molecule has 0 saturated carbocycles. The summed E-state index contributed by atoms with van der Waals surface area (Å²) in [7, 11) is -2.17. The molecular formula is C22H23FN4O4S. The Morgan fingerprint density at radius 1 is 1.19 bits per heavy atom. The van der Waals surface area contributed by atoms with E-state index in [1.165, 1.54) is 21.3 Å². The highest BCUT2D eigenvalue weighted by molar-refractivity contribution is 7.89. The van der Waals surface area contributed by atoms with E-state index in [1.807, 2.05) is 30.3 Å². The van der Waals surface area contributed by atoms with Crippen LogP contribution in [-0.4, -0.2) is 53.8 Å². The van der Waals surface area contributed by atoms with Crippen molar-refractivity contribution in [2.75, 3.05) is 20.1 Å². The van der Waals surface area contributed by atoms with Gasteiger partial charge in [-0.05, 0) is 37.1 Å². The van der Waals surface area contributed by atoms with E-state index in [2.05, 4.69) is 10.1 Å². The predicted octanol–water partition coefficient (Wildman–Crippen LogP) is 2.94. The van der Waals surface area contributed by atoms with Crippen LogP contribution in [0.5, 0.6) is 0 Å². The Hall–Kier alpha value is -3.11. The highest BCUT2D eigenvalue weighted by Gasteiger charge is 2.34. The van der Waals surface area contributed by atoms with Crippen LogP contribution in [0.4, 0.5) is 4.39 Å². The third-order valence-corrected chi connectivity index (χ3v) is 7.31. The minimum atomic E-state index is -3.80. The Kier molecular flexibility index (Phi) is 6.33. The molecule has 2 heterocycles. The number of halogens is 1. The maximum absolute atomic E-state index is 13.2. The molecule has 8 nitrogen and oxygen atoms in total. The van der Waals surface area contributed by atoms with Gasteiger partial charge in [0.15, 0.2) is 0 Å². The molecule has 1 aliphatic rings. The van der Waals surface area contributed by atoms with Crippen molar-refractivity contribution in [3.8, 4) is 11.4 Å². The van der Waals surface area contributed by atoms with Crippen LogP contribution >= 0.6 is 0 Å². The normalized spacial score (nSPS) is 17.2. The van der Waals surface area contributed by atoms with Gasteiger partial charge in [-0.2, -0.15) is 9.29 Å². The molecule has 1 atom stereocenters. The first kappa shape index (κ1) is 22.1. The molecule has 0 N–H and O–H groups in total. The highest BCUT2D eigenvalue weighted by Crippen LogP contribution is 2.25. The monoisotopic (exact) mass is 458 g/mol. The Bertz CT molecular complexity index is 1180. The molecule has 1 aliphatic heterocycles. The molecule has 1 fully saturated rings. The summed E-state index contributed by atoms with van der Waals surface area (Å²) in [5.41, 5.74) is 0.811. The molecule has 0 bridgehead atoms. The van der Waals surface area contributed by atoms with Crippen molar-refractivity contribution >= 4 is 15.9 Å². The summed E-state index contributed by atoms with van der Waals surface area (Å²) in [6.07, 6.45) is 1.14. The van der Waals surface area contributed by atoms with Crippen LogP contribution in [0.1, 0.15) is 18.7 Å². The number of amides is 1. The lowest BCUT2D eigenvalue weighted by molar-refractivity contribution is -0.136. The molecule has 3 aromatic rings. The first-order valence-electron chi connectivity index (χ1n) is 10.2. The number of aromatic nitrogens is 2. The third kappa shape index (κ3) is 4.71. The summed E-state index contributed by atoms with van der Waals surface area (Å²) in [6, 6.07) is 14.1. The molecule has 1 amide bonds. The highest BCUT2D eigenvalue weighted by atomic mass is 32.2. The fraction of sp³-hybridized carbons (Fsp3) is 0.318. The summed E-state index contributed by atoms with van der Waals surface area (Å²) in [5, 5.41) is 3.96. The number of sulfonamides is 1. The molecule has 32 heavy (non-hydrogen) atoms. The number of carbonyl (C=O) groups excluding carboxylic acids is 1. The van der Waals surface area contributed by atoms with Gasteiger partial charge < -0.3 is 9.42 Å². The number of piperidine rings is 1. The van der Waals surface area contributed by atoms with Crippen LogP contribution in [0, 0.1) is 11.7 Å². The molecule has 1 saturated heterocycles. The molecule has 0 unspecified atom stereocenters. The average molecular weight is 459 g/mol. The van der Waals surface area contributed by atoms with Crippen molar-refractivity contribution in [1.82, 2.24) is 19.3 Å². The molecular weight excluding hydrogens is 435 g/mol. The van der Waals surface area contributed by atoms with Gasteiger partial charge in [0, 0.05) is 25.7 Å². The number of benzene rings is 2. The zero-order chi connectivity index (χ0) is 22.7. The van der Waals surface area contributed by atoms with Crippen LogP contribution in [0.2, 0.25) is 0 Å². The van der Waals surface area contributed by atoms with Crippen LogP contribution in [0.3, 0.4) is 0 Å². The Balaban J connectivity index is 1.41. The smallest absolute Gasteiger partial charge is 0.246 e. The van der Waals surface area contributed by atoms with Crippen molar-refractivity contribution in [1.29, 1.82) is 0 Å². The van der Waals surface area contributed by atoms with Crippen molar-refractivity contribution < 1.29 is 22.1 Å². The Labute approximate surface area is 185 Å². The molecule has 0 radical (unpaired) electrons. The van der Waals surface area contributed by atoms with E-state index in [4.69, 9.17) is 4.52 Å². The van der Waals surface area contributed by atoms with Crippen molar-refractivity contribution in [3.63, 3.8) is 0 Å². The van der Waals surface area contributed by atoms with Gasteiger partial charge >= 0.3 is 0 Å². The fourth-order valence-corrected chi connectivity index (χ4v) is 5.26. The minimum absolute atomic E-state index is 0.0136. The molecule has 1 aromatic heterocycles. The summed E-state index contributed by atoms with van der Waals surface area (Å²) in [6.45, 7) is 0.513. The van der Waals surface area contributed by atoms with Gasteiger partial charge in [0.05, 0.1) is 17.4 Å². The molecule has 0 spiro atoms.